The van der Waals surface area contributed by atoms with E-state index in [1.165, 1.54) is 24.7 Å². The van der Waals surface area contributed by atoms with E-state index in [9.17, 15) is 14.4 Å². The minimum absolute atomic E-state index is 0.0153. The minimum Gasteiger partial charge on any atom is -0.467 e. The van der Waals surface area contributed by atoms with Crippen LogP contribution in [-0.2, 0) is 20.7 Å². The average Bonchev–Trinajstić information content (AvgIpc) is 3.35. The summed E-state index contributed by atoms with van der Waals surface area (Å²) in [5, 5.41) is 7.57. The zero-order valence-electron chi connectivity index (χ0n) is 15.8. The van der Waals surface area contributed by atoms with Gasteiger partial charge in [0.05, 0.1) is 25.5 Å². The van der Waals surface area contributed by atoms with E-state index in [1.54, 1.807) is 17.5 Å². The summed E-state index contributed by atoms with van der Waals surface area (Å²) in [6.45, 7) is 2.14. The lowest BCUT2D eigenvalue weighted by Crippen LogP contribution is -2.57. The maximum atomic E-state index is 12.5. The van der Waals surface area contributed by atoms with Crippen LogP contribution in [0.1, 0.15) is 48.9 Å². The highest BCUT2D eigenvalue weighted by molar-refractivity contribution is 7.14. The lowest BCUT2D eigenvalue weighted by Gasteiger charge is -2.37. The van der Waals surface area contributed by atoms with E-state index in [0.717, 1.165) is 12.8 Å². The first-order valence-electron chi connectivity index (χ1n) is 9.10. The molecule has 2 aromatic rings. The Balaban J connectivity index is 1.60. The third kappa shape index (κ3) is 4.59. The molecule has 2 N–H and O–H groups in total. The Morgan fingerprint density at radius 3 is 2.75 bits per heavy atom. The van der Waals surface area contributed by atoms with Crippen LogP contribution in [0.15, 0.2) is 28.2 Å². The molecule has 2 amide bonds. The number of furan rings is 1. The number of carbonyl (C=O) groups is 3. The molecule has 0 radical (unpaired) electrons. The van der Waals surface area contributed by atoms with E-state index in [0.29, 0.717) is 29.6 Å². The van der Waals surface area contributed by atoms with E-state index in [1.807, 2.05) is 0 Å². The largest absolute Gasteiger partial charge is 0.467 e. The first kappa shape index (κ1) is 20.1. The lowest BCUT2D eigenvalue weighted by molar-refractivity contribution is -0.153. The maximum Gasteiger partial charge on any atom is 0.331 e. The quantitative estimate of drug-likeness (QED) is 0.715. The zero-order valence-corrected chi connectivity index (χ0v) is 16.6. The monoisotopic (exact) mass is 405 g/mol. The van der Waals surface area contributed by atoms with Gasteiger partial charge in [-0.1, -0.05) is 6.92 Å². The molecule has 2 heterocycles. The van der Waals surface area contributed by atoms with Crippen molar-refractivity contribution in [3.63, 3.8) is 0 Å². The van der Waals surface area contributed by atoms with Crippen molar-refractivity contribution in [3.05, 3.63) is 35.2 Å². The van der Waals surface area contributed by atoms with Crippen molar-refractivity contribution in [2.45, 2.75) is 44.6 Å². The molecule has 28 heavy (non-hydrogen) atoms. The molecule has 0 bridgehead atoms. The van der Waals surface area contributed by atoms with Gasteiger partial charge in [-0.05, 0) is 43.7 Å². The fourth-order valence-electron chi connectivity index (χ4n) is 3.32. The summed E-state index contributed by atoms with van der Waals surface area (Å²) in [6, 6.07) is 3.17. The number of thiazole rings is 1. The normalized spacial score (nSPS) is 21.7. The molecule has 150 valence electrons. The molecule has 0 saturated heterocycles. The van der Waals surface area contributed by atoms with Crippen molar-refractivity contribution in [3.8, 4) is 0 Å². The van der Waals surface area contributed by atoms with Crippen LogP contribution in [0.3, 0.4) is 0 Å². The zero-order chi connectivity index (χ0) is 20.1. The van der Waals surface area contributed by atoms with Crippen molar-refractivity contribution in [2.24, 2.45) is 5.92 Å². The van der Waals surface area contributed by atoms with Crippen molar-refractivity contribution < 1.29 is 23.5 Å². The van der Waals surface area contributed by atoms with Gasteiger partial charge >= 0.3 is 5.97 Å². The Morgan fingerprint density at radius 1 is 1.36 bits per heavy atom. The van der Waals surface area contributed by atoms with Gasteiger partial charge in [-0.3, -0.25) is 14.9 Å². The molecule has 0 aliphatic heterocycles. The molecule has 0 atom stereocenters. The molecule has 2 aromatic heterocycles. The topological polar surface area (TPSA) is 111 Å². The third-order valence-electron chi connectivity index (χ3n) is 4.94. The number of nitrogens with one attached hydrogen (secondary N) is 2. The number of carbonyl (C=O) groups excluding carboxylic acids is 3. The Labute approximate surface area is 166 Å². The summed E-state index contributed by atoms with van der Waals surface area (Å²) < 4.78 is 9.97. The highest BCUT2D eigenvalue weighted by Gasteiger charge is 2.43. The number of anilines is 1. The number of nitrogens with zero attached hydrogens (tertiary/aromatic N) is 1. The SMILES string of the molecule is COC(=O)C1(NC(=O)Cc2csc(NC(=O)c3ccco3)n2)CCC(C)CC1. The van der Waals surface area contributed by atoms with Gasteiger partial charge in [0.25, 0.3) is 5.91 Å². The molecular formula is C19H23N3O5S. The molecule has 3 rings (SSSR count). The van der Waals surface area contributed by atoms with Crippen LogP contribution in [0.4, 0.5) is 5.13 Å². The molecule has 8 nitrogen and oxygen atoms in total. The van der Waals surface area contributed by atoms with Crippen LogP contribution in [-0.4, -0.2) is 35.4 Å². The predicted octanol–water partition coefficient (Wildman–Crippen LogP) is 2.77. The molecular weight excluding hydrogens is 382 g/mol. The molecule has 1 aliphatic rings. The van der Waals surface area contributed by atoms with Crippen LogP contribution in [0.2, 0.25) is 0 Å². The summed E-state index contributed by atoms with van der Waals surface area (Å²) in [7, 11) is 1.34. The van der Waals surface area contributed by atoms with Crippen LogP contribution in [0.25, 0.3) is 0 Å². The van der Waals surface area contributed by atoms with Gasteiger partial charge < -0.3 is 14.5 Å². The Hall–Kier alpha value is -2.68. The number of esters is 1. The summed E-state index contributed by atoms with van der Waals surface area (Å²) >= 11 is 1.22. The van der Waals surface area contributed by atoms with Crippen molar-refractivity contribution in [1.29, 1.82) is 0 Å². The van der Waals surface area contributed by atoms with E-state index < -0.39 is 17.4 Å². The lowest BCUT2D eigenvalue weighted by atomic mass is 9.77. The average molecular weight is 405 g/mol. The van der Waals surface area contributed by atoms with Gasteiger partial charge in [0, 0.05) is 5.38 Å². The van der Waals surface area contributed by atoms with E-state index in [4.69, 9.17) is 9.15 Å². The number of methoxy groups -OCH3 is 1. The first-order valence-corrected chi connectivity index (χ1v) is 9.98. The number of hydrogen-bond acceptors (Lipinski definition) is 7. The van der Waals surface area contributed by atoms with Crippen molar-refractivity contribution in [2.75, 3.05) is 12.4 Å². The number of aromatic nitrogens is 1. The fourth-order valence-corrected chi connectivity index (χ4v) is 4.02. The van der Waals surface area contributed by atoms with Gasteiger partial charge in [0.1, 0.15) is 5.54 Å². The summed E-state index contributed by atoms with van der Waals surface area (Å²) in [4.78, 5) is 41.1. The maximum absolute atomic E-state index is 12.5. The number of rotatable bonds is 6. The number of ether oxygens (including phenoxy) is 1. The predicted molar refractivity (Wildman–Crippen MR) is 103 cm³/mol. The van der Waals surface area contributed by atoms with E-state index >= 15 is 0 Å². The molecule has 0 unspecified atom stereocenters. The molecule has 9 heteroatoms. The smallest absolute Gasteiger partial charge is 0.331 e. The van der Waals surface area contributed by atoms with Gasteiger partial charge in [0.2, 0.25) is 5.91 Å². The molecule has 0 spiro atoms. The van der Waals surface area contributed by atoms with Crippen molar-refractivity contribution >= 4 is 34.3 Å². The van der Waals surface area contributed by atoms with Gasteiger partial charge in [-0.2, -0.15) is 0 Å². The Kier molecular flexibility index (Phi) is 6.13. The van der Waals surface area contributed by atoms with Gasteiger partial charge in [0.15, 0.2) is 10.9 Å². The second-order valence-electron chi connectivity index (χ2n) is 7.06. The van der Waals surface area contributed by atoms with Crippen LogP contribution in [0.5, 0.6) is 0 Å². The summed E-state index contributed by atoms with van der Waals surface area (Å²) in [5.74, 6) is -0.405. The van der Waals surface area contributed by atoms with E-state index in [2.05, 4.69) is 22.5 Å². The highest BCUT2D eigenvalue weighted by atomic mass is 32.1. The summed E-state index contributed by atoms with van der Waals surface area (Å²) in [6.07, 6.45) is 4.27. The molecule has 0 aromatic carbocycles. The molecule has 1 fully saturated rings. The minimum atomic E-state index is -0.968. The van der Waals surface area contributed by atoms with Gasteiger partial charge in [-0.25, -0.2) is 9.78 Å². The van der Waals surface area contributed by atoms with Crippen LogP contribution < -0.4 is 10.6 Å². The van der Waals surface area contributed by atoms with Crippen molar-refractivity contribution in [1.82, 2.24) is 10.3 Å². The fraction of sp³-hybridized carbons (Fsp3) is 0.474. The summed E-state index contributed by atoms with van der Waals surface area (Å²) in [5.41, 5.74) is -0.452. The Bertz CT molecular complexity index is 838. The number of amides is 2. The van der Waals surface area contributed by atoms with Crippen LogP contribution in [0, 0.1) is 5.92 Å². The van der Waals surface area contributed by atoms with E-state index in [-0.39, 0.29) is 18.1 Å². The first-order chi connectivity index (χ1) is 13.4. The number of hydrogen-bond donors (Lipinski definition) is 2. The molecule has 1 aliphatic carbocycles. The Morgan fingerprint density at radius 2 is 2.11 bits per heavy atom. The molecule has 1 saturated carbocycles. The highest BCUT2D eigenvalue weighted by Crippen LogP contribution is 2.33. The van der Waals surface area contributed by atoms with Crippen LogP contribution >= 0.6 is 11.3 Å². The second kappa shape index (κ2) is 8.55. The van der Waals surface area contributed by atoms with Gasteiger partial charge in [-0.15, -0.1) is 11.3 Å². The third-order valence-corrected chi connectivity index (χ3v) is 5.75. The standard InChI is InChI=1S/C19H23N3O5S/c1-12-5-7-19(8-6-12,17(25)26-2)22-15(23)10-13-11-28-18(20-13)21-16(24)14-4-3-9-27-14/h3-4,9,11-12H,5-8,10H2,1-2H3,(H,22,23)(H,20,21,24). The second-order valence-corrected chi connectivity index (χ2v) is 7.91.